The lowest BCUT2D eigenvalue weighted by atomic mass is 9.57. The predicted molar refractivity (Wildman–Crippen MR) is 100 cm³/mol. The van der Waals surface area contributed by atoms with E-state index in [2.05, 4.69) is 26.0 Å². The number of benzene rings is 1. The fraction of sp³-hybridized carbons (Fsp3) is 0.591. The highest BCUT2D eigenvalue weighted by Crippen LogP contribution is 2.52. The van der Waals surface area contributed by atoms with Gasteiger partial charge in [0.05, 0.1) is 14.2 Å². The molecule has 0 amide bonds. The predicted octanol–water partition coefficient (Wildman–Crippen LogP) is 5.08. The molecule has 3 nitrogen and oxygen atoms in total. The van der Waals surface area contributed by atoms with E-state index in [1.807, 2.05) is 12.1 Å². The van der Waals surface area contributed by atoms with Crippen molar-refractivity contribution in [3.63, 3.8) is 0 Å². The summed E-state index contributed by atoms with van der Waals surface area (Å²) in [7, 11) is 3.35. The minimum atomic E-state index is -0.0480. The van der Waals surface area contributed by atoms with Crippen LogP contribution in [0, 0.1) is 11.8 Å². The molecule has 25 heavy (non-hydrogen) atoms. The Kier molecular flexibility index (Phi) is 5.21. The Morgan fingerprint density at radius 3 is 2.56 bits per heavy atom. The fourth-order valence-electron chi connectivity index (χ4n) is 5.00. The maximum atomic E-state index is 12.3. The molecule has 2 aliphatic carbocycles. The van der Waals surface area contributed by atoms with Crippen LogP contribution in [0.3, 0.4) is 0 Å². The lowest BCUT2D eigenvalue weighted by molar-refractivity contribution is -0.116. The highest BCUT2D eigenvalue weighted by Gasteiger charge is 2.45. The first-order chi connectivity index (χ1) is 12.0. The number of rotatable bonds is 3. The van der Waals surface area contributed by atoms with E-state index in [1.165, 1.54) is 30.4 Å². The minimum absolute atomic E-state index is 0.0480. The van der Waals surface area contributed by atoms with E-state index >= 15 is 0 Å². The van der Waals surface area contributed by atoms with Gasteiger partial charge in [-0.3, -0.25) is 4.79 Å². The standard InChI is InChI=1S/C22H30O3/c1-15-6-5-11-22(16(2)12-19(23)13-17(22)8-7-15)18-9-10-20(24-3)21(14-18)25-4/h9-10,12,14-15,17H,5-8,11,13H2,1-4H3/t15?,17?,22-/m0/s1. The Morgan fingerprint density at radius 2 is 1.84 bits per heavy atom. The number of methoxy groups -OCH3 is 2. The van der Waals surface area contributed by atoms with Crippen molar-refractivity contribution in [2.75, 3.05) is 14.2 Å². The van der Waals surface area contributed by atoms with E-state index in [9.17, 15) is 4.79 Å². The number of carbonyl (C=O) groups is 1. The summed E-state index contributed by atoms with van der Waals surface area (Å²) < 4.78 is 11.0. The van der Waals surface area contributed by atoms with Crippen molar-refractivity contribution >= 4 is 5.78 Å². The van der Waals surface area contributed by atoms with Crippen molar-refractivity contribution < 1.29 is 14.3 Å². The molecule has 2 aliphatic rings. The molecule has 0 spiro atoms. The summed E-state index contributed by atoms with van der Waals surface area (Å²) in [5.41, 5.74) is 2.44. The average Bonchev–Trinajstić information content (AvgIpc) is 2.59. The first-order valence-corrected chi connectivity index (χ1v) is 9.45. The normalized spacial score (nSPS) is 29.9. The van der Waals surface area contributed by atoms with Crippen LogP contribution in [-0.2, 0) is 10.2 Å². The van der Waals surface area contributed by atoms with Crippen molar-refractivity contribution in [3.05, 3.63) is 35.4 Å². The summed E-state index contributed by atoms with van der Waals surface area (Å²) in [4.78, 5) is 12.3. The molecule has 1 saturated carbocycles. The Bertz CT molecular complexity index is 676. The molecule has 3 atom stereocenters. The molecule has 1 aromatic carbocycles. The topological polar surface area (TPSA) is 35.5 Å². The maximum Gasteiger partial charge on any atom is 0.161 e. The van der Waals surface area contributed by atoms with E-state index < -0.39 is 0 Å². The van der Waals surface area contributed by atoms with Gasteiger partial charge in [-0.1, -0.05) is 37.8 Å². The van der Waals surface area contributed by atoms with Crippen molar-refractivity contribution in [1.82, 2.24) is 0 Å². The smallest absolute Gasteiger partial charge is 0.161 e. The molecule has 2 unspecified atom stereocenters. The summed E-state index contributed by atoms with van der Waals surface area (Å²) in [5.74, 6) is 2.95. The van der Waals surface area contributed by atoms with Gasteiger partial charge in [-0.05, 0) is 55.4 Å². The lowest BCUT2D eigenvalue weighted by Crippen LogP contribution is -2.42. The molecular formula is C22H30O3. The van der Waals surface area contributed by atoms with Gasteiger partial charge in [0, 0.05) is 11.8 Å². The highest BCUT2D eigenvalue weighted by molar-refractivity contribution is 5.92. The van der Waals surface area contributed by atoms with E-state index in [0.717, 1.165) is 30.3 Å². The van der Waals surface area contributed by atoms with Crippen LogP contribution in [0.4, 0.5) is 0 Å². The quantitative estimate of drug-likeness (QED) is 0.768. The van der Waals surface area contributed by atoms with Gasteiger partial charge in [0.15, 0.2) is 17.3 Å². The molecule has 3 heteroatoms. The van der Waals surface area contributed by atoms with Crippen molar-refractivity contribution in [2.24, 2.45) is 11.8 Å². The summed E-state index contributed by atoms with van der Waals surface area (Å²) in [6.07, 6.45) is 8.45. The Labute approximate surface area is 151 Å². The second-order valence-corrected chi connectivity index (χ2v) is 7.81. The third-order valence-corrected chi connectivity index (χ3v) is 6.40. The first kappa shape index (κ1) is 18.0. The monoisotopic (exact) mass is 342 g/mol. The summed E-state index contributed by atoms with van der Waals surface area (Å²) in [6.45, 7) is 4.49. The van der Waals surface area contributed by atoms with E-state index in [-0.39, 0.29) is 11.2 Å². The fourth-order valence-corrected chi connectivity index (χ4v) is 5.00. The van der Waals surface area contributed by atoms with Crippen LogP contribution in [-0.4, -0.2) is 20.0 Å². The zero-order chi connectivity index (χ0) is 18.0. The molecule has 1 fully saturated rings. The first-order valence-electron chi connectivity index (χ1n) is 9.45. The molecule has 0 radical (unpaired) electrons. The van der Waals surface area contributed by atoms with Gasteiger partial charge in [-0.25, -0.2) is 0 Å². The summed E-state index contributed by atoms with van der Waals surface area (Å²) in [5, 5.41) is 0. The van der Waals surface area contributed by atoms with Gasteiger partial charge in [-0.15, -0.1) is 0 Å². The van der Waals surface area contributed by atoms with E-state index in [0.29, 0.717) is 12.3 Å². The zero-order valence-corrected chi connectivity index (χ0v) is 15.9. The van der Waals surface area contributed by atoms with Crippen LogP contribution in [0.2, 0.25) is 0 Å². The molecule has 0 heterocycles. The largest absolute Gasteiger partial charge is 0.493 e. The number of carbonyl (C=O) groups excluding carboxylic acids is 1. The molecule has 136 valence electrons. The number of ether oxygens (including phenoxy) is 2. The van der Waals surface area contributed by atoms with E-state index in [1.54, 1.807) is 14.2 Å². The number of allylic oxidation sites excluding steroid dienone is 2. The van der Waals surface area contributed by atoms with Crippen LogP contribution < -0.4 is 9.47 Å². The van der Waals surface area contributed by atoms with Crippen LogP contribution in [0.1, 0.15) is 57.9 Å². The van der Waals surface area contributed by atoms with Crippen LogP contribution in [0.25, 0.3) is 0 Å². The number of hydrogen-bond acceptors (Lipinski definition) is 3. The maximum absolute atomic E-state index is 12.3. The molecule has 3 rings (SSSR count). The van der Waals surface area contributed by atoms with Crippen LogP contribution >= 0.6 is 0 Å². The SMILES string of the molecule is COc1ccc([C@]23CCCC(C)CCC2CC(=O)C=C3C)cc1OC. The molecular weight excluding hydrogens is 312 g/mol. The third-order valence-electron chi connectivity index (χ3n) is 6.40. The molecule has 0 bridgehead atoms. The van der Waals surface area contributed by atoms with Gasteiger partial charge >= 0.3 is 0 Å². The Morgan fingerprint density at radius 1 is 1.08 bits per heavy atom. The van der Waals surface area contributed by atoms with Crippen LogP contribution in [0.5, 0.6) is 11.5 Å². The van der Waals surface area contributed by atoms with Gasteiger partial charge in [-0.2, -0.15) is 0 Å². The number of ketones is 1. The number of fused-ring (bicyclic) bond motifs is 1. The molecule has 0 aliphatic heterocycles. The molecule has 1 aromatic rings. The Balaban J connectivity index is 2.12. The van der Waals surface area contributed by atoms with Gasteiger partial charge in [0.1, 0.15) is 0 Å². The highest BCUT2D eigenvalue weighted by atomic mass is 16.5. The van der Waals surface area contributed by atoms with Crippen LogP contribution in [0.15, 0.2) is 29.8 Å². The van der Waals surface area contributed by atoms with Gasteiger partial charge < -0.3 is 9.47 Å². The Hall–Kier alpha value is -1.77. The minimum Gasteiger partial charge on any atom is -0.493 e. The van der Waals surface area contributed by atoms with Crippen molar-refractivity contribution in [3.8, 4) is 11.5 Å². The van der Waals surface area contributed by atoms with Crippen molar-refractivity contribution in [1.29, 1.82) is 0 Å². The zero-order valence-electron chi connectivity index (χ0n) is 15.9. The number of hydrogen-bond donors (Lipinski definition) is 0. The third kappa shape index (κ3) is 3.21. The molecule has 0 saturated heterocycles. The second-order valence-electron chi connectivity index (χ2n) is 7.81. The van der Waals surface area contributed by atoms with Gasteiger partial charge in [0.2, 0.25) is 0 Å². The van der Waals surface area contributed by atoms with E-state index in [4.69, 9.17) is 9.47 Å². The second kappa shape index (κ2) is 7.23. The lowest BCUT2D eigenvalue weighted by Gasteiger charge is -2.46. The summed E-state index contributed by atoms with van der Waals surface area (Å²) >= 11 is 0. The molecule has 0 N–H and O–H groups in total. The van der Waals surface area contributed by atoms with Gasteiger partial charge in [0.25, 0.3) is 0 Å². The summed E-state index contributed by atoms with van der Waals surface area (Å²) in [6, 6.07) is 6.31. The molecule has 0 aromatic heterocycles. The average molecular weight is 342 g/mol. The van der Waals surface area contributed by atoms with Crippen molar-refractivity contribution in [2.45, 2.75) is 57.8 Å².